The molecule has 144 valence electrons. The van der Waals surface area contributed by atoms with E-state index in [1.54, 1.807) is 18.3 Å². The number of benzene rings is 2. The lowest BCUT2D eigenvalue weighted by Gasteiger charge is -2.33. The molecule has 3 aromatic rings. The highest BCUT2D eigenvalue weighted by molar-refractivity contribution is 5.55. The third kappa shape index (κ3) is 4.94. The molecule has 0 N–H and O–H groups in total. The van der Waals surface area contributed by atoms with Crippen molar-refractivity contribution in [1.82, 2.24) is 14.8 Å². The minimum atomic E-state index is -0.250. The van der Waals surface area contributed by atoms with Gasteiger partial charge in [0.15, 0.2) is 5.76 Å². The molecule has 4 rings (SSSR count). The van der Waals surface area contributed by atoms with E-state index in [2.05, 4.69) is 51.2 Å². The van der Waals surface area contributed by atoms with Gasteiger partial charge in [0.1, 0.15) is 5.82 Å². The summed E-state index contributed by atoms with van der Waals surface area (Å²) in [6, 6.07) is 16.7. The Morgan fingerprint density at radius 3 is 2.39 bits per heavy atom. The normalized spacial score (nSPS) is 16.0. The predicted molar refractivity (Wildman–Crippen MR) is 109 cm³/mol. The number of nitrogens with zero attached hydrogens (tertiary/aromatic N) is 3. The van der Waals surface area contributed by atoms with E-state index < -0.39 is 0 Å². The van der Waals surface area contributed by atoms with Gasteiger partial charge in [-0.25, -0.2) is 9.37 Å². The summed E-state index contributed by atoms with van der Waals surface area (Å²) >= 11 is 0. The number of aromatic nitrogens is 1. The summed E-state index contributed by atoms with van der Waals surface area (Å²) in [6.07, 6.45) is 6.12. The zero-order valence-corrected chi connectivity index (χ0v) is 15.8. The standard InChI is InChI=1S/C23H24FN3O/c24-21-10-8-20(9-11-21)22-17-25-23(28-22)18-27-15-13-26(14-16-27)12-4-7-19-5-2-1-3-6-19/h1-11,17H,12-16,18H2/b7-4+. The highest BCUT2D eigenvalue weighted by Gasteiger charge is 2.18. The van der Waals surface area contributed by atoms with Crippen LogP contribution in [0.3, 0.4) is 0 Å². The molecule has 0 bridgehead atoms. The Labute approximate surface area is 164 Å². The third-order valence-corrected chi connectivity index (χ3v) is 4.98. The molecule has 0 spiro atoms. The van der Waals surface area contributed by atoms with E-state index in [0.717, 1.165) is 38.3 Å². The summed E-state index contributed by atoms with van der Waals surface area (Å²) in [5, 5.41) is 0. The molecule has 1 fully saturated rings. The van der Waals surface area contributed by atoms with Crippen molar-refractivity contribution in [2.75, 3.05) is 32.7 Å². The van der Waals surface area contributed by atoms with Crippen molar-refractivity contribution in [2.45, 2.75) is 6.54 Å². The van der Waals surface area contributed by atoms with Crippen molar-refractivity contribution in [2.24, 2.45) is 0 Å². The van der Waals surface area contributed by atoms with E-state index in [0.29, 0.717) is 18.2 Å². The molecule has 5 heteroatoms. The van der Waals surface area contributed by atoms with Gasteiger partial charge < -0.3 is 4.42 Å². The van der Waals surface area contributed by atoms with Gasteiger partial charge in [-0.2, -0.15) is 0 Å². The number of oxazole rings is 1. The lowest BCUT2D eigenvalue weighted by Crippen LogP contribution is -2.45. The number of halogens is 1. The van der Waals surface area contributed by atoms with Crippen molar-refractivity contribution >= 4 is 6.08 Å². The Balaban J connectivity index is 1.24. The first-order chi connectivity index (χ1) is 13.8. The maximum Gasteiger partial charge on any atom is 0.209 e. The smallest absolute Gasteiger partial charge is 0.209 e. The van der Waals surface area contributed by atoms with Crippen LogP contribution >= 0.6 is 0 Å². The van der Waals surface area contributed by atoms with Crippen LogP contribution in [0.2, 0.25) is 0 Å². The lowest BCUT2D eigenvalue weighted by atomic mass is 10.2. The molecular weight excluding hydrogens is 353 g/mol. The van der Waals surface area contributed by atoms with Crippen molar-refractivity contribution in [3.8, 4) is 11.3 Å². The van der Waals surface area contributed by atoms with E-state index in [1.807, 2.05) is 6.07 Å². The minimum Gasteiger partial charge on any atom is -0.439 e. The van der Waals surface area contributed by atoms with E-state index >= 15 is 0 Å². The SMILES string of the molecule is Fc1ccc(-c2cnc(CN3CCN(C/C=C/c4ccccc4)CC3)o2)cc1. The van der Waals surface area contributed by atoms with E-state index in [-0.39, 0.29) is 5.82 Å². The topological polar surface area (TPSA) is 32.5 Å². The third-order valence-electron chi connectivity index (χ3n) is 4.98. The maximum absolute atomic E-state index is 13.1. The fourth-order valence-corrected chi connectivity index (χ4v) is 3.35. The van der Waals surface area contributed by atoms with Gasteiger partial charge in [0, 0.05) is 38.3 Å². The van der Waals surface area contributed by atoms with Crippen LogP contribution in [0.15, 0.2) is 71.3 Å². The monoisotopic (exact) mass is 377 g/mol. The van der Waals surface area contributed by atoms with Crippen LogP contribution in [-0.2, 0) is 6.54 Å². The van der Waals surface area contributed by atoms with Gasteiger partial charge in [-0.3, -0.25) is 9.80 Å². The molecule has 0 radical (unpaired) electrons. The average molecular weight is 377 g/mol. The number of rotatable bonds is 6. The molecule has 0 saturated carbocycles. The van der Waals surface area contributed by atoms with Gasteiger partial charge in [0.05, 0.1) is 12.7 Å². The number of hydrogen-bond donors (Lipinski definition) is 0. The zero-order valence-electron chi connectivity index (χ0n) is 15.8. The molecule has 0 unspecified atom stereocenters. The molecule has 2 aromatic carbocycles. The van der Waals surface area contributed by atoms with Crippen molar-refractivity contribution in [3.63, 3.8) is 0 Å². The fraction of sp³-hybridized carbons (Fsp3) is 0.261. The largest absolute Gasteiger partial charge is 0.439 e. The summed E-state index contributed by atoms with van der Waals surface area (Å²) < 4.78 is 18.9. The number of piperazine rings is 1. The molecule has 0 atom stereocenters. The molecule has 2 heterocycles. The van der Waals surface area contributed by atoms with Crippen LogP contribution in [0.5, 0.6) is 0 Å². The highest BCUT2D eigenvalue weighted by Crippen LogP contribution is 2.21. The quantitative estimate of drug-likeness (QED) is 0.641. The summed E-state index contributed by atoms with van der Waals surface area (Å²) in [7, 11) is 0. The first-order valence-corrected chi connectivity index (χ1v) is 9.63. The number of hydrogen-bond acceptors (Lipinski definition) is 4. The lowest BCUT2D eigenvalue weighted by molar-refractivity contribution is 0.128. The van der Waals surface area contributed by atoms with Crippen molar-refractivity contribution in [1.29, 1.82) is 0 Å². The summed E-state index contributed by atoms with van der Waals surface area (Å²) in [5.74, 6) is 1.14. The summed E-state index contributed by atoms with van der Waals surface area (Å²) in [6.45, 7) is 5.72. The van der Waals surface area contributed by atoms with Gasteiger partial charge in [-0.1, -0.05) is 42.5 Å². The Morgan fingerprint density at radius 1 is 0.929 bits per heavy atom. The Hall–Kier alpha value is -2.76. The van der Waals surface area contributed by atoms with Crippen LogP contribution in [0.1, 0.15) is 11.5 Å². The second kappa shape index (κ2) is 8.95. The van der Waals surface area contributed by atoms with Crippen LogP contribution in [0.4, 0.5) is 4.39 Å². The molecule has 28 heavy (non-hydrogen) atoms. The Kier molecular flexibility index (Phi) is 5.95. The Morgan fingerprint density at radius 2 is 1.64 bits per heavy atom. The maximum atomic E-state index is 13.1. The second-order valence-corrected chi connectivity index (χ2v) is 7.01. The molecule has 4 nitrogen and oxygen atoms in total. The van der Waals surface area contributed by atoms with Gasteiger partial charge in [0.25, 0.3) is 0 Å². The summed E-state index contributed by atoms with van der Waals surface area (Å²) in [5.41, 5.74) is 2.08. The van der Waals surface area contributed by atoms with Gasteiger partial charge in [-0.05, 0) is 29.8 Å². The minimum absolute atomic E-state index is 0.250. The second-order valence-electron chi connectivity index (χ2n) is 7.01. The van der Waals surface area contributed by atoms with E-state index in [1.165, 1.54) is 17.7 Å². The fourth-order valence-electron chi connectivity index (χ4n) is 3.35. The predicted octanol–water partition coefficient (Wildman–Crippen LogP) is 4.31. The van der Waals surface area contributed by atoms with Crippen LogP contribution in [0, 0.1) is 5.82 Å². The molecule has 0 amide bonds. The molecule has 1 saturated heterocycles. The highest BCUT2D eigenvalue weighted by atomic mass is 19.1. The zero-order chi connectivity index (χ0) is 19.2. The van der Waals surface area contributed by atoms with Crippen molar-refractivity contribution in [3.05, 3.63) is 84.1 Å². The molecular formula is C23H24FN3O. The van der Waals surface area contributed by atoms with Crippen LogP contribution in [0.25, 0.3) is 17.4 Å². The van der Waals surface area contributed by atoms with E-state index in [9.17, 15) is 4.39 Å². The van der Waals surface area contributed by atoms with Crippen LogP contribution in [-0.4, -0.2) is 47.5 Å². The molecule has 1 aliphatic rings. The first kappa shape index (κ1) is 18.6. The Bertz CT molecular complexity index is 897. The average Bonchev–Trinajstić information content (AvgIpc) is 3.19. The summed E-state index contributed by atoms with van der Waals surface area (Å²) in [4.78, 5) is 9.20. The van der Waals surface area contributed by atoms with Crippen LogP contribution < -0.4 is 0 Å². The van der Waals surface area contributed by atoms with Gasteiger partial charge >= 0.3 is 0 Å². The van der Waals surface area contributed by atoms with Gasteiger partial charge in [0.2, 0.25) is 5.89 Å². The van der Waals surface area contributed by atoms with E-state index in [4.69, 9.17) is 4.42 Å². The first-order valence-electron chi connectivity index (χ1n) is 9.63. The molecule has 1 aromatic heterocycles. The van der Waals surface area contributed by atoms with Crippen molar-refractivity contribution < 1.29 is 8.81 Å². The molecule has 0 aliphatic carbocycles. The van der Waals surface area contributed by atoms with Gasteiger partial charge in [-0.15, -0.1) is 0 Å². The molecule has 1 aliphatic heterocycles.